The van der Waals surface area contributed by atoms with E-state index < -0.39 is 0 Å². The van der Waals surface area contributed by atoms with E-state index >= 15 is 0 Å². The van der Waals surface area contributed by atoms with Crippen LogP contribution in [0.5, 0.6) is 0 Å². The molecule has 6 heteroatoms. The van der Waals surface area contributed by atoms with Crippen molar-refractivity contribution in [3.05, 3.63) is 29.8 Å². The second-order valence-electron chi connectivity index (χ2n) is 6.42. The molecule has 1 saturated heterocycles. The van der Waals surface area contributed by atoms with Gasteiger partial charge in [0.1, 0.15) is 0 Å². The van der Waals surface area contributed by atoms with Gasteiger partial charge in [-0.15, -0.1) is 0 Å². The van der Waals surface area contributed by atoms with Gasteiger partial charge in [-0.2, -0.15) is 0 Å². The fourth-order valence-electron chi connectivity index (χ4n) is 2.99. The molecule has 0 bridgehead atoms. The van der Waals surface area contributed by atoms with Crippen molar-refractivity contribution in [2.45, 2.75) is 20.3 Å². The molecule has 0 aromatic heterocycles. The summed E-state index contributed by atoms with van der Waals surface area (Å²) in [6, 6.07) is 8.59. The maximum absolute atomic E-state index is 5.97. The van der Waals surface area contributed by atoms with Crippen molar-refractivity contribution < 1.29 is 4.74 Å². The maximum Gasteiger partial charge on any atom is 0.188 e. The summed E-state index contributed by atoms with van der Waals surface area (Å²) >= 11 is 0. The second kappa shape index (κ2) is 10.9. The molecule has 3 N–H and O–H groups in total. The summed E-state index contributed by atoms with van der Waals surface area (Å²) in [5.41, 5.74) is 8.51. The first-order valence-corrected chi connectivity index (χ1v) is 9.34. The van der Waals surface area contributed by atoms with E-state index in [2.05, 4.69) is 58.2 Å². The molecule has 1 aromatic carbocycles. The Bertz CT molecular complexity index is 528. The van der Waals surface area contributed by atoms with Crippen molar-refractivity contribution in [3.8, 4) is 0 Å². The molecule has 0 saturated carbocycles. The van der Waals surface area contributed by atoms with E-state index in [0.29, 0.717) is 5.96 Å². The fraction of sp³-hybridized carbons (Fsp3) is 0.632. The van der Waals surface area contributed by atoms with Crippen molar-refractivity contribution in [1.29, 1.82) is 0 Å². The molecule has 0 amide bonds. The fourth-order valence-corrected chi connectivity index (χ4v) is 2.99. The maximum atomic E-state index is 5.97. The number of rotatable bonds is 9. The van der Waals surface area contributed by atoms with Gasteiger partial charge in [-0.05, 0) is 38.0 Å². The first kappa shape index (κ1) is 19.5. The van der Waals surface area contributed by atoms with Crippen molar-refractivity contribution in [3.63, 3.8) is 0 Å². The number of morpholine rings is 1. The quantitative estimate of drug-likeness (QED) is 0.402. The van der Waals surface area contributed by atoms with E-state index in [1.54, 1.807) is 0 Å². The minimum atomic E-state index is 0.544. The van der Waals surface area contributed by atoms with Crippen LogP contribution in [0.25, 0.3) is 0 Å². The third-order valence-electron chi connectivity index (χ3n) is 4.45. The van der Waals surface area contributed by atoms with Gasteiger partial charge in [-0.1, -0.05) is 12.1 Å². The molecular weight excluding hydrogens is 314 g/mol. The molecule has 2 rings (SSSR count). The number of aliphatic imine (C=N–C) groups is 1. The van der Waals surface area contributed by atoms with E-state index in [1.807, 2.05) is 0 Å². The summed E-state index contributed by atoms with van der Waals surface area (Å²) in [6.07, 6.45) is 1.03. The van der Waals surface area contributed by atoms with Gasteiger partial charge < -0.3 is 20.7 Å². The van der Waals surface area contributed by atoms with Gasteiger partial charge >= 0.3 is 0 Å². The molecule has 0 unspecified atom stereocenters. The summed E-state index contributed by atoms with van der Waals surface area (Å²) in [5, 5.41) is 3.22. The van der Waals surface area contributed by atoms with Crippen LogP contribution in [0, 0.1) is 6.92 Å². The van der Waals surface area contributed by atoms with E-state index in [1.165, 1.54) is 11.3 Å². The van der Waals surface area contributed by atoms with Gasteiger partial charge in [0.05, 0.1) is 13.2 Å². The number of likely N-dealkylation sites (N-methyl/N-ethyl adjacent to an activating group) is 1. The molecule has 1 aliphatic rings. The summed E-state index contributed by atoms with van der Waals surface area (Å²) in [4.78, 5) is 9.18. The van der Waals surface area contributed by atoms with Gasteiger partial charge in [0.15, 0.2) is 5.96 Å². The molecule has 140 valence electrons. The number of nitrogens with one attached hydrogen (secondary N) is 1. The lowest BCUT2D eigenvalue weighted by molar-refractivity contribution is 0.0377. The van der Waals surface area contributed by atoms with Crippen molar-refractivity contribution in [2.24, 2.45) is 10.7 Å². The van der Waals surface area contributed by atoms with Crippen molar-refractivity contribution >= 4 is 11.6 Å². The second-order valence-corrected chi connectivity index (χ2v) is 6.42. The Hall–Kier alpha value is -1.79. The standard InChI is InChI=1S/C19H33N5O/c1-3-24(18-7-4-6-17(2)16-18)11-9-22-19(20)21-8-5-10-23-12-14-25-15-13-23/h4,6-7,16H,3,5,8-15H2,1-2H3,(H3,20,21,22). The van der Waals surface area contributed by atoms with Crippen molar-refractivity contribution in [1.82, 2.24) is 10.2 Å². The first-order valence-electron chi connectivity index (χ1n) is 9.34. The highest BCUT2D eigenvalue weighted by Gasteiger charge is 2.09. The number of hydrogen-bond acceptors (Lipinski definition) is 4. The Kier molecular flexibility index (Phi) is 8.55. The van der Waals surface area contributed by atoms with Crippen LogP contribution >= 0.6 is 0 Å². The predicted molar refractivity (Wildman–Crippen MR) is 105 cm³/mol. The average molecular weight is 348 g/mol. The number of hydrogen-bond donors (Lipinski definition) is 2. The number of ether oxygens (including phenoxy) is 1. The largest absolute Gasteiger partial charge is 0.379 e. The zero-order valence-corrected chi connectivity index (χ0v) is 15.7. The lowest BCUT2D eigenvalue weighted by Gasteiger charge is -2.26. The summed E-state index contributed by atoms with van der Waals surface area (Å²) in [6.45, 7) is 12.6. The SMILES string of the molecule is CCN(CCNC(N)=NCCCN1CCOCC1)c1cccc(C)c1. The van der Waals surface area contributed by atoms with Gasteiger partial charge in [-0.3, -0.25) is 9.89 Å². The zero-order chi connectivity index (χ0) is 17.9. The van der Waals surface area contributed by atoms with Gasteiger partial charge in [0.2, 0.25) is 0 Å². The number of nitrogens with zero attached hydrogens (tertiary/aromatic N) is 3. The van der Waals surface area contributed by atoms with Gasteiger partial charge in [-0.25, -0.2) is 0 Å². The minimum absolute atomic E-state index is 0.544. The molecule has 0 radical (unpaired) electrons. The number of anilines is 1. The topological polar surface area (TPSA) is 66.1 Å². The molecular formula is C19H33N5O. The molecule has 1 aromatic rings. The molecule has 0 aliphatic carbocycles. The minimum Gasteiger partial charge on any atom is -0.379 e. The van der Waals surface area contributed by atoms with Crippen LogP contribution in [0.4, 0.5) is 5.69 Å². The molecule has 6 nitrogen and oxygen atoms in total. The summed E-state index contributed by atoms with van der Waals surface area (Å²) < 4.78 is 5.35. The molecule has 25 heavy (non-hydrogen) atoms. The van der Waals surface area contributed by atoms with E-state index in [4.69, 9.17) is 10.5 Å². The predicted octanol–water partition coefficient (Wildman–Crippen LogP) is 1.45. The smallest absolute Gasteiger partial charge is 0.188 e. The van der Waals surface area contributed by atoms with Crippen LogP contribution in [-0.4, -0.2) is 69.9 Å². The lowest BCUT2D eigenvalue weighted by Crippen LogP contribution is -2.39. The van der Waals surface area contributed by atoms with E-state index in [-0.39, 0.29) is 0 Å². The van der Waals surface area contributed by atoms with Gasteiger partial charge in [0.25, 0.3) is 0 Å². The Morgan fingerprint density at radius 3 is 2.88 bits per heavy atom. The Morgan fingerprint density at radius 2 is 2.16 bits per heavy atom. The number of nitrogens with two attached hydrogens (primary N) is 1. The zero-order valence-electron chi connectivity index (χ0n) is 15.7. The molecule has 1 heterocycles. The molecule has 0 atom stereocenters. The summed E-state index contributed by atoms with van der Waals surface area (Å²) in [7, 11) is 0. The Morgan fingerprint density at radius 1 is 1.36 bits per heavy atom. The number of guanidine groups is 1. The van der Waals surface area contributed by atoms with Crippen LogP contribution in [0.3, 0.4) is 0 Å². The first-order chi connectivity index (χ1) is 12.2. The van der Waals surface area contributed by atoms with Crippen molar-refractivity contribution in [2.75, 3.05) is 63.9 Å². The molecule has 1 fully saturated rings. The Labute approximate surface area is 152 Å². The van der Waals surface area contributed by atoms with Crippen LogP contribution in [0.2, 0.25) is 0 Å². The van der Waals surface area contributed by atoms with E-state index in [0.717, 1.165) is 65.4 Å². The van der Waals surface area contributed by atoms with E-state index in [9.17, 15) is 0 Å². The highest BCUT2D eigenvalue weighted by molar-refractivity contribution is 5.77. The average Bonchev–Trinajstić information content (AvgIpc) is 2.63. The lowest BCUT2D eigenvalue weighted by atomic mass is 10.2. The van der Waals surface area contributed by atoms with Crippen LogP contribution in [0.1, 0.15) is 18.9 Å². The van der Waals surface area contributed by atoms with Crippen LogP contribution in [0.15, 0.2) is 29.3 Å². The number of benzene rings is 1. The summed E-state index contributed by atoms with van der Waals surface area (Å²) in [5.74, 6) is 0.544. The third kappa shape index (κ3) is 7.32. The number of aryl methyl sites for hydroxylation is 1. The normalized spacial score (nSPS) is 16.0. The highest BCUT2D eigenvalue weighted by Crippen LogP contribution is 2.14. The van der Waals surface area contributed by atoms with Crippen LogP contribution in [-0.2, 0) is 4.74 Å². The van der Waals surface area contributed by atoms with Gasteiger partial charge in [0, 0.05) is 51.5 Å². The molecule has 0 spiro atoms. The Balaban J connectivity index is 1.63. The van der Waals surface area contributed by atoms with Crippen LogP contribution < -0.4 is 16.0 Å². The third-order valence-corrected chi connectivity index (χ3v) is 4.45. The monoisotopic (exact) mass is 347 g/mol. The molecule has 1 aliphatic heterocycles. The highest BCUT2D eigenvalue weighted by atomic mass is 16.5.